The summed E-state index contributed by atoms with van der Waals surface area (Å²) in [7, 11) is 0. The number of carbonyl (C=O) groups excluding carboxylic acids is 3. The summed E-state index contributed by atoms with van der Waals surface area (Å²) in [6.45, 7) is 6.09. The van der Waals surface area contributed by atoms with Crippen LogP contribution in [0.2, 0.25) is 0 Å². The third-order valence-corrected chi connectivity index (χ3v) is 5.61. The second kappa shape index (κ2) is 5.94. The predicted molar refractivity (Wildman–Crippen MR) is 96.4 cm³/mol. The number of hydrogen-bond acceptors (Lipinski definition) is 4. The van der Waals surface area contributed by atoms with Crippen LogP contribution in [0.5, 0.6) is 0 Å². The molecule has 5 heteroatoms. The molecule has 2 fully saturated rings. The van der Waals surface area contributed by atoms with Gasteiger partial charge >= 0.3 is 5.97 Å². The lowest BCUT2D eigenvalue weighted by Gasteiger charge is -2.19. The fraction of sp³-hybridized carbons (Fsp3) is 0.381. The quantitative estimate of drug-likeness (QED) is 0.477. The Morgan fingerprint density at radius 3 is 2.23 bits per heavy atom. The summed E-state index contributed by atoms with van der Waals surface area (Å²) in [6, 6.07) is 6.55. The van der Waals surface area contributed by atoms with Gasteiger partial charge in [0.05, 0.1) is 29.7 Å². The van der Waals surface area contributed by atoms with Gasteiger partial charge in [-0.15, -0.1) is 0 Å². The van der Waals surface area contributed by atoms with Crippen molar-refractivity contribution < 1.29 is 19.1 Å². The SMILES string of the molecule is CCOC(=O)c1cccc(N2C(=O)[C@@H]3[C@H](C2=O)[C@@H]2C=C[C@H]3C2=C(C)C)c1. The molecule has 1 saturated carbocycles. The molecule has 1 aromatic rings. The van der Waals surface area contributed by atoms with E-state index in [0.717, 1.165) is 0 Å². The number of carbonyl (C=O) groups is 3. The second-order valence-electron chi connectivity index (χ2n) is 7.23. The van der Waals surface area contributed by atoms with Crippen molar-refractivity contribution in [1.82, 2.24) is 0 Å². The van der Waals surface area contributed by atoms with Crippen molar-refractivity contribution in [3.63, 3.8) is 0 Å². The van der Waals surface area contributed by atoms with E-state index in [1.165, 1.54) is 16.0 Å². The van der Waals surface area contributed by atoms with E-state index in [1.54, 1.807) is 31.2 Å². The zero-order chi connectivity index (χ0) is 18.6. The first-order valence-electron chi connectivity index (χ1n) is 8.96. The standard InChI is InChI=1S/C21H21NO4/c1-4-26-21(25)12-6-5-7-13(10-12)22-19(23)17-14-8-9-15(16(14)11(2)3)18(17)20(22)24/h5-10,14-15,17-18H,4H2,1-3H3/t14-,15+,17-,18+. The lowest BCUT2D eigenvalue weighted by atomic mass is 9.85. The van der Waals surface area contributed by atoms with Crippen LogP contribution in [0.4, 0.5) is 5.69 Å². The predicted octanol–water partition coefficient (Wildman–Crippen LogP) is 3.12. The molecule has 1 heterocycles. The topological polar surface area (TPSA) is 63.7 Å². The third-order valence-electron chi connectivity index (χ3n) is 5.61. The maximum absolute atomic E-state index is 13.1. The molecule has 5 nitrogen and oxygen atoms in total. The van der Waals surface area contributed by atoms with Crippen molar-refractivity contribution in [2.75, 3.05) is 11.5 Å². The van der Waals surface area contributed by atoms with Crippen LogP contribution in [-0.4, -0.2) is 24.4 Å². The van der Waals surface area contributed by atoms with E-state index in [2.05, 4.69) is 12.2 Å². The van der Waals surface area contributed by atoms with Crippen LogP contribution in [0.1, 0.15) is 31.1 Å². The minimum absolute atomic E-state index is 0.0182. The van der Waals surface area contributed by atoms with E-state index in [4.69, 9.17) is 4.74 Å². The Balaban J connectivity index is 1.69. The van der Waals surface area contributed by atoms with Crippen molar-refractivity contribution in [2.45, 2.75) is 20.8 Å². The monoisotopic (exact) mass is 351 g/mol. The van der Waals surface area contributed by atoms with Gasteiger partial charge in [0.25, 0.3) is 0 Å². The number of allylic oxidation sites excluding steroid dienone is 4. The average Bonchev–Trinajstić information content (AvgIpc) is 3.25. The van der Waals surface area contributed by atoms with Crippen molar-refractivity contribution in [1.29, 1.82) is 0 Å². The molecule has 0 N–H and O–H groups in total. The molecule has 134 valence electrons. The maximum Gasteiger partial charge on any atom is 0.338 e. The Morgan fingerprint density at radius 2 is 1.69 bits per heavy atom. The van der Waals surface area contributed by atoms with Crippen LogP contribution in [0, 0.1) is 23.7 Å². The largest absolute Gasteiger partial charge is 0.462 e. The van der Waals surface area contributed by atoms with E-state index >= 15 is 0 Å². The van der Waals surface area contributed by atoms with Crippen LogP contribution in [0.25, 0.3) is 0 Å². The molecular formula is C21H21NO4. The molecule has 4 atom stereocenters. The van der Waals surface area contributed by atoms with Crippen LogP contribution in [-0.2, 0) is 14.3 Å². The van der Waals surface area contributed by atoms with E-state index in [1.807, 2.05) is 13.8 Å². The molecule has 0 radical (unpaired) electrons. The fourth-order valence-electron chi connectivity index (χ4n) is 4.67. The Hall–Kier alpha value is -2.69. The molecule has 0 unspecified atom stereocenters. The van der Waals surface area contributed by atoms with Crippen LogP contribution in [0.15, 0.2) is 47.6 Å². The molecule has 2 amide bonds. The summed E-state index contributed by atoms with van der Waals surface area (Å²) in [4.78, 5) is 39.4. The minimum Gasteiger partial charge on any atom is -0.462 e. The smallest absolute Gasteiger partial charge is 0.338 e. The Morgan fingerprint density at radius 1 is 1.08 bits per heavy atom. The number of imide groups is 1. The van der Waals surface area contributed by atoms with Crippen LogP contribution >= 0.6 is 0 Å². The first-order chi connectivity index (χ1) is 12.5. The van der Waals surface area contributed by atoms with Crippen molar-refractivity contribution >= 4 is 23.5 Å². The highest BCUT2D eigenvalue weighted by atomic mass is 16.5. The highest BCUT2D eigenvalue weighted by Crippen LogP contribution is 2.57. The van der Waals surface area contributed by atoms with Gasteiger partial charge in [0.1, 0.15) is 0 Å². The Labute approximate surface area is 152 Å². The Kier molecular flexibility index (Phi) is 3.83. The highest BCUT2D eigenvalue weighted by molar-refractivity contribution is 6.23. The summed E-state index contributed by atoms with van der Waals surface area (Å²) < 4.78 is 5.01. The summed E-state index contributed by atoms with van der Waals surface area (Å²) >= 11 is 0. The van der Waals surface area contributed by atoms with Gasteiger partial charge in [-0.3, -0.25) is 9.59 Å². The zero-order valence-electron chi connectivity index (χ0n) is 15.1. The van der Waals surface area contributed by atoms with Gasteiger partial charge in [-0.1, -0.05) is 29.4 Å². The number of hydrogen-bond donors (Lipinski definition) is 0. The number of ether oxygens (including phenoxy) is 1. The number of rotatable bonds is 3. The van der Waals surface area contributed by atoms with Gasteiger partial charge in [0.2, 0.25) is 11.8 Å². The lowest BCUT2D eigenvalue weighted by molar-refractivity contribution is -0.122. The van der Waals surface area contributed by atoms with Crippen molar-refractivity contribution in [3.05, 3.63) is 53.1 Å². The number of benzene rings is 1. The number of fused-ring (bicyclic) bond motifs is 5. The van der Waals surface area contributed by atoms with Crippen LogP contribution in [0.3, 0.4) is 0 Å². The first kappa shape index (κ1) is 16.8. The lowest BCUT2D eigenvalue weighted by Crippen LogP contribution is -2.33. The summed E-state index contributed by atoms with van der Waals surface area (Å²) in [6.07, 6.45) is 4.13. The average molecular weight is 351 g/mol. The van der Waals surface area contributed by atoms with Gasteiger partial charge in [-0.25, -0.2) is 9.69 Å². The van der Waals surface area contributed by atoms with Gasteiger partial charge in [0.15, 0.2) is 0 Å². The normalized spacial score (nSPS) is 28.7. The summed E-state index contributed by atoms with van der Waals surface area (Å²) in [5.41, 5.74) is 3.20. The zero-order valence-corrected chi connectivity index (χ0v) is 15.1. The van der Waals surface area contributed by atoms with Gasteiger partial charge in [-0.05, 0) is 39.0 Å². The van der Waals surface area contributed by atoms with E-state index in [0.29, 0.717) is 11.3 Å². The summed E-state index contributed by atoms with van der Waals surface area (Å²) in [5.74, 6) is -1.41. The van der Waals surface area contributed by atoms with Crippen molar-refractivity contribution in [3.8, 4) is 0 Å². The molecule has 2 bridgehead atoms. The highest BCUT2D eigenvalue weighted by Gasteiger charge is 2.61. The second-order valence-corrected chi connectivity index (χ2v) is 7.23. The van der Waals surface area contributed by atoms with Gasteiger partial charge < -0.3 is 4.74 Å². The van der Waals surface area contributed by atoms with E-state index in [9.17, 15) is 14.4 Å². The minimum atomic E-state index is -0.456. The van der Waals surface area contributed by atoms with Gasteiger partial charge in [-0.2, -0.15) is 0 Å². The van der Waals surface area contributed by atoms with E-state index < -0.39 is 5.97 Å². The number of anilines is 1. The molecule has 1 saturated heterocycles. The molecular weight excluding hydrogens is 330 g/mol. The molecule has 1 aromatic carbocycles. The van der Waals surface area contributed by atoms with E-state index in [-0.39, 0.29) is 42.1 Å². The van der Waals surface area contributed by atoms with Gasteiger partial charge in [0, 0.05) is 11.8 Å². The third kappa shape index (κ3) is 2.19. The fourth-order valence-corrected chi connectivity index (χ4v) is 4.67. The molecule has 4 rings (SSSR count). The molecule has 0 spiro atoms. The Bertz CT molecular complexity index is 844. The molecule has 3 aliphatic rings. The molecule has 0 aromatic heterocycles. The van der Waals surface area contributed by atoms with Crippen molar-refractivity contribution in [2.24, 2.45) is 23.7 Å². The molecule has 26 heavy (non-hydrogen) atoms. The maximum atomic E-state index is 13.1. The molecule has 2 aliphatic carbocycles. The summed E-state index contributed by atoms with van der Waals surface area (Å²) in [5, 5.41) is 0. The number of esters is 1. The first-order valence-corrected chi connectivity index (χ1v) is 8.96. The number of amides is 2. The number of nitrogens with zero attached hydrogens (tertiary/aromatic N) is 1. The molecule has 1 aliphatic heterocycles. The van der Waals surface area contributed by atoms with Crippen LogP contribution < -0.4 is 4.90 Å².